The van der Waals surface area contributed by atoms with E-state index in [-0.39, 0.29) is 11.7 Å². The molecule has 0 atom stereocenters. The van der Waals surface area contributed by atoms with Crippen molar-refractivity contribution >= 4 is 38.3 Å². The summed E-state index contributed by atoms with van der Waals surface area (Å²) >= 11 is 4.40. The first-order valence-electron chi connectivity index (χ1n) is 5.73. The predicted molar refractivity (Wildman–Crippen MR) is 79.5 cm³/mol. The van der Waals surface area contributed by atoms with Gasteiger partial charge in [0, 0.05) is 5.56 Å². The molecule has 2 heterocycles. The third-order valence-electron chi connectivity index (χ3n) is 2.56. The Kier molecular flexibility index (Phi) is 3.76. The van der Waals surface area contributed by atoms with Crippen LogP contribution < -0.4 is 5.32 Å². The number of hydrogen-bond donors (Lipinski definition) is 2. The molecular formula is C12H7BrFN5OS. The molecule has 1 amide bonds. The quantitative estimate of drug-likeness (QED) is 0.744. The summed E-state index contributed by atoms with van der Waals surface area (Å²) in [5.74, 6) is -0.693. The van der Waals surface area contributed by atoms with Crippen molar-refractivity contribution in [3.8, 4) is 10.6 Å². The molecule has 0 radical (unpaired) electrons. The van der Waals surface area contributed by atoms with Crippen LogP contribution in [0.25, 0.3) is 10.6 Å². The molecule has 2 aromatic heterocycles. The van der Waals surface area contributed by atoms with Gasteiger partial charge in [-0.25, -0.2) is 4.39 Å². The first kappa shape index (κ1) is 13.8. The molecule has 0 saturated heterocycles. The minimum Gasteiger partial charge on any atom is -0.295 e. The molecule has 0 spiro atoms. The van der Waals surface area contributed by atoms with Gasteiger partial charge in [-0.3, -0.25) is 15.2 Å². The summed E-state index contributed by atoms with van der Waals surface area (Å²) in [5, 5.41) is 17.7. The fourth-order valence-corrected chi connectivity index (χ4v) is 2.69. The molecule has 0 aliphatic carbocycles. The molecule has 0 fully saturated rings. The number of nitrogens with zero attached hydrogens (tertiary/aromatic N) is 3. The largest absolute Gasteiger partial charge is 0.295 e. The minimum absolute atomic E-state index is 0.300. The zero-order chi connectivity index (χ0) is 14.8. The molecule has 0 aliphatic heterocycles. The van der Waals surface area contributed by atoms with E-state index in [2.05, 4.69) is 41.6 Å². The van der Waals surface area contributed by atoms with Gasteiger partial charge in [0.15, 0.2) is 0 Å². The van der Waals surface area contributed by atoms with Crippen molar-refractivity contribution in [1.29, 1.82) is 0 Å². The van der Waals surface area contributed by atoms with Crippen molar-refractivity contribution in [2.75, 3.05) is 5.32 Å². The van der Waals surface area contributed by atoms with E-state index in [1.54, 1.807) is 12.1 Å². The smallest absolute Gasteiger partial charge is 0.276 e. The van der Waals surface area contributed by atoms with Crippen LogP contribution in [0.5, 0.6) is 0 Å². The van der Waals surface area contributed by atoms with Crippen molar-refractivity contribution in [1.82, 2.24) is 20.4 Å². The highest BCUT2D eigenvalue weighted by molar-refractivity contribution is 9.10. The molecule has 2 N–H and O–H groups in total. The maximum atomic E-state index is 12.9. The second-order valence-corrected chi connectivity index (χ2v) is 5.80. The maximum absolute atomic E-state index is 12.9. The first-order valence-corrected chi connectivity index (χ1v) is 7.34. The van der Waals surface area contributed by atoms with Crippen LogP contribution in [0, 0.1) is 5.82 Å². The number of amides is 1. The summed E-state index contributed by atoms with van der Waals surface area (Å²) in [5.41, 5.74) is 1.03. The summed E-state index contributed by atoms with van der Waals surface area (Å²) in [6.45, 7) is 0. The Balaban J connectivity index is 1.78. The minimum atomic E-state index is -0.374. The number of rotatable bonds is 3. The lowest BCUT2D eigenvalue weighted by atomic mass is 10.2. The fraction of sp³-hybridized carbons (Fsp3) is 0. The number of aromatic amines is 1. The number of H-pyrrole nitrogens is 1. The van der Waals surface area contributed by atoms with Crippen LogP contribution in [0.2, 0.25) is 0 Å². The van der Waals surface area contributed by atoms with Gasteiger partial charge in [-0.1, -0.05) is 11.3 Å². The number of anilines is 1. The van der Waals surface area contributed by atoms with E-state index >= 15 is 0 Å². The molecule has 21 heavy (non-hydrogen) atoms. The molecule has 3 aromatic rings. The number of benzene rings is 1. The highest BCUT2D eigenvalue weighted by Gasteiger charge is 2.15. The van der Waals surface area contributed by atoms with Crippen LogP contribution in [0.1, 0.15) is 10.5 Å². The van der Waals surface area contributed by atoms with E-state index < -0.39 is 0 Å². The monoisotopic (exact) mass is 367 g/mol. The van der Waals surface area contributed by atoms with E-state index in [4.69, 9.17) is 0 Å². The molecule has 106 valence electrons. The van der Waals surface area contributed by atoms with Crippen molar-refractivity contribution < 1.29 is 9.18 Å². The molecule has 1 aromatic carbocycles. The summed E-state index contributed by atoms with van der Waals surface area (Å²) in [6.07, 6.45) is 1.49. The van der Waals surface area contributed by atoms with Crippen molar-refractivity contribution in [3.63, 3.8) is 0 Å². The molecule has 6 nitrogen and oxygen atoms in total. The molecule has 0 unspecified atom stereocenters. The Bertz CT molecular complexity index is 785. The Morgan fingerprint density at radius 2 is 2.05 bits per heavy atom. The number of carbonyl (C=O) groups is 1. The van der Waals surface area contributed by atoms with Gasteiger partial charge in [0.25, 0.3) is 5.91 Å². The second kappa shape index (κ2) is 5.70. The van der Waals surface area contributed by atoms with Gasteiger partial charge in [-0.2, -0.15) is 5.10 Å². The fourth-order valence-electron chi connectivity index (χ4n) is 1.57. The average molecular weight is 368 g/mol. The van der Waals surface area contributed by atoms with Crippen LogP contribution in [-0.2, 0) is 0 Å². The predicted octanol–water partition coefficient (Wildman–Crippen LogP) is 3.08. The van der Waals surface area contributed by atoms with E-state index in [9.17, 15) is 9.18 Å². The molecule has 3 rings (SSSR count). The number of carbonyl (C=O) groups excluding carboxylic acids is 1. The summed E-state index contributed by atoms with van der Waals surface area (Å²) in [6, 6.07) is 5.90. The average Bonchev–Trinajstić information content (AvgIpc) is 3.09. The summed E-state index contributed by atoms with van der Waals surface area (Å²) in [4.78, 5) is 12.0. The van der Waals surface area contributed by atoms with Crippen molar-refractivity contribution in [3.05, 3.63) is 46.4 Å². The van der Waals surface area contributed by atoms with Gasteiger partial charge in [0.2, 0.25) is 5.13 Å². The molecule has 0 aliphatic rings. The highest BCUT2D eigenvalue weighted by atomic mass is 79.9. The van der Waals surface area contributed by atoms with Gasteiger partial charge in [0.1, 0.15) is 16.5 Å². The SMILES string of the molecule is O=C(Nc1nnc(-c2ccc(F)cc2)s1)c1[nH]ncc1Br. The Morgan fingerprint density at radius 3 is 2.71 bits per heavy atom. The van der Waals surface area contributed by atoms with Gasteiger partial charge >= 0.3 is 0 Å². The lowest BCUT2D eigenvalue weighted by Crippen LogP contribution is -2.12. The Labute approximate surface area is 130 Å². The zero-order valence-electron chi connectivity index (χ0n) is 10.3. The van der Waals surface area contributed by atoms with E-state index in [0.29, 0.717) is 20.3 Å². The van der Waals surface area contributed by atoms with Crippen LogP contribution in [-0.4, -0.2) is 26.3 Å². The number of hydrogen-bond acceptors (Lipinski definition) is 5. The van der Waals surface area contributed by atoms with Crippen LogP contribution in [0.15, 0.2) is 34.9 Å². The van der Waals surface area contributed by atoms with E-state index in [0.717, 1.165) is 5.56 Å². The number of halogens is 2. The lowest BCUT2D eigenvalue weighted by Gasteiger charge is -1.98. The standard InChI is InChI=1S/C12H7BrFN5OS/c13-8-5-15-17-9(8)10(20)16-12-19-18-11(21-12)6-1-3-7(14)4-2-6/h1-5H,(H,15,17)(H,16,19,20). The lowest BCUT2D eigenvalue weighted by molar-refractivity contribution is 0.102. The van der Waals surface area contributed by atoms with Crippen LogP contribution in [0.4, 0.5) is 9.52 Å². The maximum Gasteiger partial charge on any atom is 0.276 e. The zero-order valence-corrected chi connectivity index (χ0v) is 12.7. The van der Waals surface area contributed by atoms with Crippen LogP contribution >= 0.6 is 27.3 Å². The molecular weight excluding hydrogens is 361 g/mol. The van der Waals surface area contributed by atoms with E-state index in [1.165, 1.54) is 29.7 Å². The third-order valence-corrected chi connectivity index (χ3v) is 4.05. The Morgan fingerprint density at radius 1 is 1.29 bits per heavy atom. The second-order valence-electron chi connectivity index (χ2n) is 3.97. The van der Waals surface area contributed by atoms with Crippen LogP contribution in [0.3, 0.4) is 0 Å². The molecule has 0 bridgehead atoms. The highest BCUT2D eigenvalue weighted by Crippen LogP contribution is 2.27. The van der Waals surface area contributed by atoms with Gasteiger partial charge in [0.05, 0.1) is 10.7 Å². The first-order chi connectivity index (χ1) is 10.1. The third kappa shape index (κ3) is 2.98. The van der Waals surface area contributed by atoms with Gasteiger partial charge in [-0.05, 0) is 40.2 Å². The summed E-state index contributed by atoms with van der Waals surface area (Å²) < 4.78 is 13.4. The van der Waals surface area contributed by atoms with Crippen molar-refractivity contribution in [2.45, 2.75) is 0 Å². The number of aromatic nitrogens is 4. The normalized spacial score (nSPS) is 10.6. The van der Waals surface area contributed by atoms with Gasteiger partial charge in [-0.15, -0.1) is 10.2 Å². The van der Waals surface area contributed by atoms with E-state index in [1.807, 2.05) is 0 Å². The van der Waals surface area contributed by atoms with Crippen molar-refractivity contribution in [2.24, 2.45) is 0 Å². The summed E-state index contributed by atoms with van der Waals surface area (Å²) in [7, 11) is 0. The topological polar surface area (TPSA) is 83.6 Å². The molecule has 0 saturated carbocycles. The van der Waals surface area contributed by atoms with Gasteiger partial charge < -0.3 is 0 Å². The Hall–Kier alpha value is -2.13. The molecule has 9 heteroatoms. The number of nitrogens with one attached hydrogen (secondary N) is 2.